The van der Waals surface area contributed by atoms with Gasteiger partial charge in [0.25, 0.3) is 5.91 Å². The average Bonchev–Trinajstić information content (AvgIpc) is 3.18. The van der Waals surface area contributed by atoms with E-state index < -0.39 is 5.91 Å². The van der Waals surface area contributed by atoms with Gasteiger partial charge in [-0.1, -0.05) is 0 Å². The van der Waals surface area contributed by atoms with E-state index in [4.69, 9.17) is 15.2 Å². The highest BCUT2D eigenvalue weighted by Crippen LogP contribution is 2.33. The van der Waals surface area contributed by atoms with E-state index in [2.05, 4.69) is 15.4 Å². The number of hydrogen-bond donors (Lipinski definition) is 2. The van der Waals surface area contributed by atoms with Crippen molar-refractivity contribution >= 4 is 28.2 Å². The SMILES string of the molecule is COc1cc(Nc2ccnc3cc(OC)c(C(N)=O)cc23)cc(-c2ccnn2C)c1. The number of nitrogens with zero attached hydrogens (tertiary/aromatic N) is 3. The number of carbonyl (C=O) groups excluding carboxylic acids is 1. The maximum Gasteiger partial charge on any atom is 0.252 e. The minimum Gasteiger partial charge on any atom is -0.497 e. The highest BCUT2D eigenvalue weighted by Gasteiger charge is 2.14. The second-order valence-electron chi connectivity index (χ2n) is 6.71. The number of methoxy groups -OCH3 is 2. The highest BCUT2D eigenvalue weighted by atomic mass is 16.5. The van der Waals surface area contributed by atoms with Crippen LogP contribution in [0.15, 0.2) is 54.9 Å². The first-order valence-corrected chi connectivity index (χ1v) is 9.21. The number of hydrogen-bond acceptors (Lipinski definition) is 6. The number of primary amides is 1. The van der Waals surface area contributed by atoms with Gasteiger partial charge in [0.2, 0.25) is 0 Å². The quantitative estimate of drug-likeness (QED) is 0.511. The van der Waals surface area contributed by atoms with Crippen LogP contribution in [0.4, 0.5) is 11.4 Å². The zero-order valence-electron chi connectivity index (χ0n) is 16.8. The van der Waals surface area contributed by atoms with Crippen molar-refractivity contribution in [3.63, 3.8) is 0 Å². The molecule has 8 nitrogen and oxygen atoms in total. The first-order valence-electron chi connectivity index (χ1n) is 9.21. The van der Waals surface area contributed by atoms with Crippen LogP contribution < -0.4 is 20.5 Å². The molecule has 152 valence electrons. The lowest BCUT2D eigenvalue weighted by Crippen LogP contribution is -2.12. The molecule has 2 heterocycles. The number of rotatable bonds is 6. The normalized spacial score (nSPS) is 10.8. The van der Waals surface area contributed by atoms with Gasteiger partial charge in [-0.15, -0.1) is 0 Å². The summed E-state index contributed by atoms with van der Waals surface area (Å²) < 4.78 is 12.6. The number of fused-ring (bicyclic) bond motifs is 1. The number of nitrogens with two attached hydrogens (primary N) is 1. The van der Waals surface area contributed by atoms with Gasteiger partial charge in [0.05, 0.1) is 31.0 Å². The number of aromatic nitrogens is 3. The van der Waals surface area contributed by atoms with Crippen LogP contribution in [-0.2, 0) is 7.05 Å². The predicted octanol–water partition coefficient (Wildman–Crippen LogP) is 3.50. The maximum atomic E-state index is 11.9. The fraction of sp³-hybridized carbons (Fsp3) is 0.136. The molecule has 0 radical (unpaired) electrons. The largest absolute Gasteiger partial charge is 0.497 e. The van der Waals surface area contributed by atoms with Crippen LogP contribution in [0.5, 0.6) is 11.5 Å². The molecule has 4 aromatic rings. The summed E-state index contributed by atoms with van der Waals surface area (Å²) in [5, 5.41) is 8.39. The zero-order chi connectivity index (χ0) is 21.3. The molecule has 8 heteroatoms. The van der Waals surface area contributed by atoms with Crippen molar-refractivity contribution < 1.29 is 14.3 Å². The minimum atomic E-state index is -0.566. The fourth-order valence-electron chi connectivity index (χ4n) is 3.39. The number of benzene rings is 2. The molecule has 0 aliphatic rings. The van der Waals surface area contributed by atoms with Gasteiger partial charge in [-0.3, -0.25) is 14.5 Å². The Kier molecular flexibility index (Phi) is 4.97. The number of ether oxygens (including phenoxy) is 2. The summed E-state index contributed by atoms with van der Waals surface area (Å²) in [5.74, 6) is 0.525. The van der Waals surface area contributed by atoms with Gasteiger partial charge in [0.1, 0.15) is 11.5 Å². The standard InChI is InChI=1S/C22H21N5O3/c1-27-20(5-7-25-27)13-8-14(10-15(9-13)29-2)26-18-4-6-24-19-12-21(30-3)17(22(23)28)11-16(18)19/h4-12H,1-3H3,(H2,23,28)(H,24,26). The highest BCUT2D eigenvalue weighted by molar-refractivity contribution is 6.03. The maximum absolute atomic E-state index is 11.9. The van der Waals surface area contributed by atoms with E-state index in [0.29, 0.717) is 22.6 Å². The third-order valence-corrected chi connectivity index (χ3v) is 4.87. The minimum absolute atomic E-state index is 0.294. The third kappa shape index (κ3) is 3.50. The van der Waals surface area contributed by atoms with Crippen molar-refractivity contribution in [3.8, 4) is 22.8 Å². The van der Waals surface area contributed by atoms with E-state index in [0.717, 1.165) is 28.0 Å². The van der Waals surface area contributed by atoms with Crippen molar-refractivity contribution in [1.29, 1.82) is 0 Å². The molecule has 0 saturated heterocycles. The Morgan fingerprint density at radius 2 is 1.90 bits per heavy atom. The summed E-state index contributed by atoms with van der Waals surface area (Å²) in [7, 11) is 5.00. The molecular formula is C22H21N5O3. The smallest absolute Gasteiger partial charge is 0.252 e. The lowest BCUT2D eigenvalue weighted by Gasteiger charge is -2.14. The molecule has 0 aliphatic heterocycles. The number of pyridine rings is 1. The van der Waals surface area contributed by atoms with Gasteiger partial charge >= 0.3 is 0 Å². The predicted molar refractivity (Wildman–Crippen MR) is 115 cm³/mol. The topological polar surface area (TPSA) is 104 Å². The Morgan fingerprint density at radius 1 is 1.07 bits per heavy atom. The van der Waals surface area contributed by atoms with Crippen LogP contribution in [0.2, 0.25) is 0 Å². The number of carbonyl (C=O) groups is 1. The monoisotopic (exact) mass is 403 g/mol. The molecule has 0 atom stereocenters. The molecule has 1 amide bonds. The average molecular weight is 403 g/mol. The van der Waals surface area contributed by atoms with E-state index in [1.807, 2.05) is 37.4 Å². The molecule has 0 fully saturated rings. The summed E-state index contributed by atoms with van der Waals surface area (Å²) in [5.41, 5.74) is 9.99. The van der Waals surface area contributed by atoms with Gasteiger partial charge in [0.15, 0.2) is 0 Å². The molecule has 2 aromatic carbocycles. The number of anilines is 2. The van der Waals surface area contributed by atoms with Crippen molar-refractivity contribution in [1.82, 2.24) is 14.8 Å². The van der Waals surface area contributed by atoms with Crippen molar-refractivity contribution in [2.75, 3.05) is 19.5 Å². The first kappa shape index (κ1) is 19.3. The Bertz CT molecular complexity index is 1250. The molecule has 0 unspecified atom stereocenters. The molecule has 0 spiro atoms. The molecular weight excluding hydrogens is 382 g/mol. The van der Waals surface area contributed by atoms with Crippen LogP contribution in [0.1, 0.15) is 10.4 Å². The first-order chi connectivity index (χ1) is 14.5. The number of amides is 1. The summed E-state index contributed by atoms with van der Waals surface area (Å²) in [6.07, 6.45) is 3.44. The van der Waals surface area contributed by atoms with E-state index in [-0.39, 0.29) is 0 Å². The summed E-state index contributed by atoms with van der Waals surface area (Å²) in [4.78, 5) is 16.2. The zero-order valence-corrected chi connectivity index (χ0v) is 16.8. The second kappa shape index (κ2) is 7.75. The van der Waals surface area contributed by atoms with Gasteiger partial charge in [-0.2, -0.15) is 5.10 Å². The van der Waals surface area contributed by atoms with Crippen LogP contribution >= 0.6 is 0 Å². The van der Waals surface area contributed by atoms with Crippen molar-refractivity contribution in [3.05, 3.63) is 60.4 Å². The Hall–Kier alpha value is -4.07. The van der Waals surface area contributed by atoms with Gasteiger partial charge in [0, 0.05) is 53.9 Å². The molecule has 4 rings (SSSR count). The van der Waals surface area contributed by atoms with E-state index in [9.17, 15) is 4.79 Å². The molecule has 3 N–H and O–H groups in total. The van der Waals surface area contributed by atoms with Crippen LogP contribution in [-0.4, -0.2) is 34.9 Å². The Balaban J connectivity index is 1.82. The molecule has 2 aromatic heterocycles. The molecule has 0 saturated carbocycles. The van der Waals surface area contributed by atoms with Crippen LogP contribution in [0.3, 0.4) is 0 Å². The summed E-state index contributed by atoms with van der Waals surface area (Å²) in [6.45, 7) is 0. The Labute approximate surface area is 173 Å². The second-order valence-corrected chi connectivity index (χ2v) is 6.71. The van der Waals surface area contributed by atoms with E-state index in [1.165, 1.54) is 7.11 Å². The Morgan fingerprint density at radius 3 is 2.57 bits per heavy atom. The third-order valence-electron chi connectivity index (χ3n) is 4.87. The van der Waals surface area contributed by atoms with E-state index in [1.54, 1.807) is 36.3 Å². The van der Waals surface area contributed by atoms with Gasteiger partial charge < -0.3 is 20.5 Å². The van der Waals surface area contributed by atoms with Gasteiger partial charge in [-0.05, 0) is 30.3 Å². The lowest BCUT2D eigenvalue weighted by molar-refractivity contribution is 0.0997. The number of aryl methyl sites for hydroxylation is 1. The van der Waals surface area contributed by atoms with Crippen LogP contribution in [0, 0.1) is 0 Å². The molecule has 0 aliphatic carbocycles. The summed E-state index contributed by atoms with van der Waals surface area (Å²) in [6, 6.07) is 13.0. The molecule has 0 bridgehead atoms. The lowest BCUT2D eigenvalue weighted by atomic mass is 10.1. The fourth-order valence-corrected chi connectivity index (χ4v) is 3.39. The van der Waals surface area contributed by atoms with Gasteiger partial charge in [-0.25, -0.2) is 0 Å². The molecule has 30 heavy (non-hydrogen) atoms. The van der Waals surface area contributed by atoms with Crippen molar-refractivity contribution in [2.45, 2.75) is 0 Å². The van der Waals surface area contributed by atoms with Crippen molar-refractivity contribution in [2.24, 2.45) is 12.8 Å². The summed E-state index contributed by atoms with van der Waals surface area (Å²) >= 11 is 0. The van der Waals surface area contributed by atoms with Crippen LogP contribution in [0.25, 0.3) is 22.2 Å². The number of nitrogens with one attached hydrogen (secondary N) is 1. The van der Waals surface area contributed by atoms with E-state index >= 15 is 0 Å².